The van der Waals surface area contributed by atoms with E-state index in [2.05, 4.69) is 36.9 Å². The van der Waals surface area contributed by atoms with Crippen molar-refractivity contribution in [1.82, 2.24) is 15.0 Å². The van der Waals surface area contributed by atoms with Gasteiger partial charge in [0.2, 0.25) is 0 Å². The summed E-state index contributed by atoms with van der Waals surface area (Å²) in [6.45, 7) is 0.468. The third-order valence-electron chi connectivity index (χ3n) is 2.49. The number of aromatic amines is 1. The maximum atomic E-state index is 5.60. The van der Waals surface area contributed by atoms with E-state index in [1.807, 2.05) is 12.1 Å². The van der Waals surface area contributed by atoms with Gasteiger partial charge in [0.1, 0.15) is 9.61 Å². The van der Waals surface area contributed by atoms with Crippen molar-refractivity contribution in [3.63, 3.8) is 0 Å². The summed E-state index contributed by atoms with van der Waals surface area (Å²) in [5.41, 5.74) is 8.70. The summed E-state index contributed by atoms with van der Waals surface area (Å²) >= 11 is 5.07. The normalized spacial score (nSPS) is 11.2. The van der Waals surface area contributed by atoms with Crippen molar-refractivity contribution in [2.45, 2.75) is 6.54 Å². The van der Waals surface area contributed by atoms with Crippen molar-refractivity contribution in [3.05, 3.63) is 34.1 Å². The number of imidazole rings is 1. The number of H-pyrrole nitrogens is 1. The third-order valence-corrected chi connectivity index (χ3v) is 4.45. The van der Waals surface area contributed by atoms with Crippen LogP contribution in [-0.4, -0.2) is 15.0 Å². The molecule has 2 heterocycles. The first-order valence-electron chi connectivity index (χ1n) is 5.06. The summed E-state index contributed by atoms with van der Waals surface area (Å²) in [6, 6.07) is 6.11. The second-order valence-electron chi connectivity index (χ2n) is 3.57. The van der Waals surface area contributed by atoms with Gasteiger partial charge in [0.25, 0.3) is 0 Å². The van der Waals surface area contributed by atoms with Gasteiger partial charge >= 0.3 is 0 Å². The topological polar surface area (TPSA) is 67.6 Å². The number of nitrogens with two attached hydrogens (primary N) is 1. The molecule has 0 aliphatic rings. The fourth-order valence-electron chi connectivity index (χ4n) is 1.69. The number of rotatable bonds is 2. The first kappa shape index (κ1) is 10.9. The number of benzene rings is 1. The predicted molar refractivity (Wildman–Crippen MR) is 72.8 cm³/mol. The van der Waals surface area contributed by atoms with E-state index in [4.69, 9.17) is 5.73 Å². The van der Waals surface area contributed by atoms with E-state index in [9.17, 15) is 0 Å². The van der Waals surface area contributed by atoms with E-state index in [0.717, 1.165) is 31.1 Å². The number of halogens is 1. The van der Waals surface area contributed by atoms with Crippen LogP contribution in [-0.2, 0) is 6.54 Å². The summed E-state index contributed by atoms with van der Waals surface area (Å²) in [6.07, 6.45) is 1.70. The molecule has 0 saturated carbocycles. The lowest BCUT2D eigenvalue weighted by atomic mass is 10.2. The average Bonchev–Trinajstić information content (AvgIpc) is 2.93. The molecule has 0 fully saturated rings. The van der Waals surface area contributed by atoms with E-state index in [0.29, 0.717) is 6.54 Å². The molecule has 0 unspecified atom stereocenters. The van der Waals surface area contributed by atoms with E-state index < -0.39 is 0 Å². The molecule has 1 aromatic carbocycles. The molecule has 0 spiro atoms. The minimum atomic E-state index is 0.468. The van der Waals surface area contributed by atoms with Crippen LogP contribution in [0.15, 0.2) is 29.1 Å². The lowest BCUT2D eigenvalue weighted by Crippen LogP contribution is -1.93. The van der Waals surface area contributed by atoms with Crippen molar-refractivity contribution in [2.75, 3.05) is 0 Å². The molecule has 2 aromatic heterocycles. The molecule has 0 radical (unpaired) electrons. The second kappa shape index (κ2) is 4.21. The first-order valence-corrected chi connectivity index (χ1v) is 6.67. The minimum absolute atomic E-state index is 0.468. The number of hydrogen-bond donors (Lipinski definition) is 2. The number of nitrogens with zero attached hydrogens (tertiary/aromatic N) is 2. The summed E-state index contributed by atoms with van der Waals surface area (Å²) < 4.78 is 0.849. The highest BCUT2D eigenvalue weighted by atomic mass is 79.9. The number of nitrogens with one attached hydrogen (secondary N) is 1. The van der Waals surface area contributed by atoms with Crippen LogP contribution < -0.4 is 5.73 Å². The van der Waals surface area contributed by atoms with Crippen LogP contribution in [0.25, 0.3) is 21.5 Å². The van der Waals surface area contributed by atoms with Crippen molar-refractivity contribution in [2.24, 2.45) is 5.73 Å². The molecule has 6 heteroatoms. The molecule has 17 heavy (non-hydrogen) atoms. The maximum absolute atomic E-state index is 5.60. The Kier molecular flexibility index (Phi) is 2.70. The highest BCUT2D eigenvalue weighted by Crippen LogP contribution is 2.34. The van der Waals surface area contributed by atoms with E-state index in [-0.39, 0.29) is 0 Å². The third kappa shape index (κ3) is 1.88. The van der Waals surface area contributed by atoms with Gasteiger partial charge in [-0.05, 0) is 33.6 Å². The zero-order valence-electron chi connectivity index (χ0n) is 8.77. The molecule has 0 bridgehead atoms. The Morgan fingerprint density at radius 1 is 1.41 bits per heavy atom. The van der Waals surface area contributed by atoms with Crippen molar-refractivity contribution >= 4 is 38.3 Å². The van der Waals surface area contributed by atoms with E-state index in [1.54, 1.807) is 17.7 Å². The van der Waals surface area contributed by atoms with Crippen LogP contribution in [0.5, 0.6) is 0 Å². The first-order chi connectivity index (χ1) is 8.28. The quantitative estimate of drug-likeness (QED) is 0.765. The SMILES string of the molecule is NCc1nc(Br)c(-c2ccc3nc[nH]c3c2)s1. The molecule has 0 atom stereocenters. The summed E-state index contributed by atoms with van der Waals surface area (Å²) in [5, 5.41) is 0.927. The molecule has 3 aromatic rings. The highest BCUT2D eigenvalue weighted by Gasteiger charge is 2.10. The molecular formula is C11H9BrN4S. The predicted octanol–water partition coefficient (Wildman–Crippen LogP) is 2.91. The molecule has 0 aliphatic carbocycles. The van der Waals surface area contributed by atoms with Gasteiger partial charge in [-0.15, -0.1) is 11.3 Å². The summed E-state index contributed by atoms with van der Waals surface area (Å²) in [7, 11) is 0. The number of thiazole rings is 1. The molecule has 0 saturated heterocycles. The maximum Gasteiger partial charge on any atom is 0.125 e. The molecule has 3 N–H and O–H groups in total. The van der Waals surface area contributed by atoms with Gasteiger partial charge in [-0.2, -0.15) is 0 Å². The zero-order valence-corrected chi connectivity index (χ0v) is 11.2. The Labute approximate surface area is 110 Å². The Morgan fingerprint density at radius 3 is 3.06 bits per heavy atom. The Morgan fingerprint density at radius 2 is 2.29 bits per heavy atom. The summed E-state index contributed by atoms with van der Waals surface area (Å²) in [5.74, 6) is 0. The monoisotopic (exact) mass is 308 g/mol. The van der Waals surface area contributed by atoms with Gasteiger partial charge in [0, 0.05) is 6.54 Å². The molecule has 86 valence electrons. The van der Waals surface area contributed by atoms with Crippen LogP contribution in [0.2, 0.25) is 0 Å². The van der Waals surface area contributed by atoms with Crippen LogP contribution in [0, 0.1) is 0 Å². The number of aromatic nitrogens is 3. The molecule has 0 aliphatic heterocycles. The summed E-state index contributed by atoms with van der Waals surface area (Å²) in [4.78, 5) is 12.8. The Bertz CT molecular complexity index is 673. The van der Waals surface area contributed by atoms with E-state index in [1.165, 1.54) is 0 Å². The van der Waals surface area contributed by atoms with Crippen molar-refractivity contribution < 1.29 is 0 Å². The van der Waals surface area contributed by atoms with Gasteiger partial charge in [-0.25, -0.2) is 9.97 Å². The van der Waals surface area contributed by atoms with Crippen molar-refractivity contribution in [3.8, 4) is 10.4 Å². The molecule has 0 amide bonds. The molecule has 3 rings (SSSR count). The highest BCUT2D eigenvalue weighted by molar-refractivity contribution is 9.10. The van der Waals surface area contributed by atoms with Crippen LogP contribution in [0.4, 0.5) is 0 Å². The van der Waals surface area contributed by atoms with Crippen molar-refractivity contribution in [1.29, 1.82) is 0 Å². The van der Waals surface area contributed by atoms with Crippen LogP contribution in [0.1, 0.15) is 5.01 Å². The van der Waals surface area contributed by atoms with Gasteiger partial charge < -0.3 is 10.7 Å². The number of fused-ring (bicyclic) bond motifs is 1. The fourth-order valence-corrected chi connectivity index (χ4v) is 3.32. The van der Waals surface area contributed by atoms with Gasteiger partial charge in [-0.3, -0.25) is 0 Å². The second-order valence-corrected chi connectivity index (χ2v) is 5.40. The number of hydrogen-bond acceptors (Lipinski definition) is 4. The zero-order chi connectivity index (χ0) is 11.8. The largest absolute Gasteiger partial charge is 0.345 e. The van der Waals surface area contributed by atoms with Gasteiger partial charge in [-0.1, -0.05) is 6.07 Å². The Hall–Kier alpha value is -1.24. The van der Waals surface area contributed by atoms with Gasteiger partial charge in [0.05, 0.1) is 22.2 Å². The average molecular weight is 309 g/mol. The Balaban J connectivity index is 2.15. The van der Waals surface area contributed by atoms with E-state index >= 15 is 0 Å². The molecule has 4 nitrogen and oxygen atoms in total. The van der Waals surface area contributed by atoms with Gasteiger partial charge in [0.15, 0.2) is 0 Å². The van der Waals surface area contributed by atoms with Crippen LogP contribution >= 0.6 is 27.3 Å². The lowest BCUT2D eigenvalue weighted by molar-refractivity contribution is 1.03. The lowest BCUT2D eigenvalue weighted by Gasteiger charge is -1.97. The van der Waals surface area contributed by atoms with Crippen LogP contribution in [0.3, 0.4) is 0 Å². The standard InChI is InChI=1S/C11H9BrN4S/c12-11-10(17-9(4-13)16-11)6-1-2-7-8(3-6)15-5-14-7/h1-3,5H,4,13H2,(H,14,15). The minimum Gasteiger partial charge on any atom is -0.345 e. The molecular weight excluding hydrogens is 300 g/mol. The fraction of sp³-hybridized carbons (Fsp3) is 0.0909. The smallest absolute Gasteiger partial charge is 0.125 e.